The van der Waals surface area contributed by atoms with Crippen molar-refractivity contribution in [2.75, 3.05) is 25.6 Å². The Hall–Kier alpha value is -1.57. The number of sulfone groups is 1. The van der Waals surface area contributed by atoms with Crippen LogP contribution in [0.5, 0.6) is 0 Å². The van der Waals surface area contributed by atoms with Gasteiger partial charge in [-0.15, -0.1) is 0 Å². The summed E-state index contributed by atoms with van der Waals surface area (Å²) in [4.78, 5) is 6.14. The summed E-state index contributed by atoms with van der Waals surface area (Å²) in [6.07, 6.45) is -2.26. The summed E-state index contributed by atoms with van der Waals surface area (Å²) < 4.78 is 64.4. The summed E-state index contributed by atoms with van der Waals surface area (Å²) in [7, 11) is -1.99. The van der Waals surface area contributed by atoms with Crippen molar-refractivity contribution in [1.29, 1.82) is 0 Å². The van der Waals surface area contributed by atoms with Crippen molar-refractivity contribution in [2.24, 2.45) is 4.99 Å². The molecule has 0 fully saturated rings. The van der Waals surface area contributed by atoms with Gasteiger partial charge < -0.3 is 4.90 Å². The number of aryl methyl sites for hydroxylation is 2. The molecular formula is C17H25F3N2O2S. The molecule has 142 valence electrons. The average Bonchev–Trinajstić information content (AvgIpc) is 2.44. The first-order valence-electron chi connectivity index (χ1n) is 7.82. The average molecular weight is 378 g/mol. The summed E-state index contributed by atoms with van der Waals surface area (Å²) in [5, 5.41) is 0. The zero-order chi connectivity index (χ0) is 19.6. The zero-order valence-corrected chi connectivity index (χ0v) is 16.2. The number of hydrogen-bond acceptors (Lipinski definition) is 3. The Morgan fingerprint density at radius 2 is 1.76 bits per heavy atom. The lowest BCUT2D eigenvalue weighted by atomic mass is 9.80. The molecule has 4 nitrogen and oxygen atoms in total. The number of hydrogen-bond donors (Lipinski definition) is 0. The predicted molar refractivity (Wildman–Crippen MR) is 95.5 cm³/mol. The van der Waals surface area contributed by atoms with Gasteiger partial charge in [-0.25, -0.2) is 13.4 Å². The molecule has 0 aliphatic heterocycles. The third-order valence-corrected chi connectivity index (χ3v) is 5.31. The van der Waals surface area contributed by atoms with E-state index >= 15 is 0 Å². The SMILES string of the molecule is CCN(C)C=Nc1cc(C)c(C(C)(CS(C)(=O)=O)C(F)(F)F)cc1C. The standard InChI is InChI=1S/C17H25F3N2O2S/c1-7-22(5)11-21-15-9-12(2)14(8-13(15)3)16(4,17(18,19)20)10-25(6,23)24/h8-9,11H,7,10H2,1-6H3. The van der Waals surface area contributed by atoms with Gasteiger partial charge in [-0.1, -0.05) is 6.07 Å². The normalized spacial score (nSPS) is 15.4. The molecule has 0 radical (unpaired) electrons. The molecule has 8 heteroatoms. The highest BCUT2D eigenvalue weighted by molar-refractivity contribution is 7.90. The van der Waals surface area contributed by atoms with Gasteiger partial charge in [0, 0.05) is 19.8 Å². The molecule has 0 aromatic heterocycles. The van der Waals surface area contributed by atoms with Gasteiger partial charge in [0.1, 0.15) is 15.3 Å². The van der Waals surface area contributed by atoms with E-state index in [2.05, 4.69) is 4.99 Å². The molecule has 1 aromatic carbocycles. The van der Waals surface area contributed by atoms with Gasteiger partial charge in [0.25, 0.3) is 0 Å². The predicted octanol–water partition coefficient (Wildman–Crippen LogP) is 3.78. The van der Waals surface area contributed by atoms with Gasteiger partial charge in [-0.05, 0) is 50.5 Å². The molecule has 25 heavy (non-hydrogen) atoms. The highest BCUT2D eigenvalue weighted by Crippen LogP contribution is 2.44. The third-order valence-electron chi connectivity index (χ3n) is 4.21. The zero-order valence-electron chi connectivity index (χ0n) is 15.4. The maximum Gasteiger partial charge on any atom is 0.399 e. The number of nitrogens with zero attached hydrogens (tertiary/aromatic N) is 2. The van der Waals surface area contributed by atoms with Gasteiger partial charge in [0.15, 0.2) is 0 Å². The molecular weight excluding hydrogens is 353 g/mol. The topological polar surface area (TPSA) is 49.7 Å². The largest absolute Gasteiger partial charge is 0.399 e. The Kier molecular flexibility index (Phi) is 6.32. The van der Waals surface area contributed by atoms with Crippen LogP contribution in [0.4, 0.5) is 18.9 Å². The first kappa shape index (κ1) is 21.5. The van der Waals surface area contributed by atoms with E-state index in [9.17, 15) is 21.6 Å². The monoisotopic (exact) mass is 378 g/mol. The highest BCUT2D eigenvalue weighted by atomic mass is 32.2. The maximum absolute atomic E-state index is 13.7. The van der Waals surface area contributed by atoms with Crippen LogP contribution < -0.4 is 0 Å². The minimum Gasteiger partial charge on any atom is -0.366 e. The minimum atomic E-state index is -4.69. The van der Waals surface area contributed by atoms with Gasteiger partial charge in [0.05, 0.1) is 17.8 Å². The fourth-order valence-corrected chi connectivity index (χ4v) is 3.98. The van der Waals surface area contributed by atoms with Crippen LogP contribution in [0, 0.1) is 13.8 Å². The molecule has 0 heterocycles. The second-order valence-electron chi connectivity index (χ2n) is 6.67. The highest BCUT2D eigenvalue weighted by Gasteiger charge is 2.54. The summed E-state index contributed by atoms with van der Waals surface area (Å²) >= 11 is 0. The van der Waals surface area contributed by atoms with E-state index in [-0.39, 0.29) is 5.56 Å². The molecule has 0 amide bonds. The van der Waals surface area contributed by atoms with E-state index in [0.29, 0.717) is 16.8 Å². The van der Waals surface area contributed by atoms with Gasteiger partial charge in [0.2, 0.25) is 0 Å². The van der Waals surface area contributed by atoms with E-state index in [1.54, 1.807) is 26.3 Å². The van der Waals surface area contributed by atoms with Crippen molar-refractivity contribution in [3.8, 4) is 0 Å². The molecule has 1 unspecified atom stereocenters. The van der Waals surface area contributed by atoms with Crippen molar-refractivity contribution in [3.63, 3.8) is 0 Å². The summed E-state index contributed by atoms with van der Waals surface area (Å²) in [5.41, 5.74) is -1.03. The molecule has 0 saturated carbocycles. The fraction of sp³-hybridized carbons (Fsp3) is 0.588. The Balaban J connectivity index is 3.49. The molecule has 0 aliphatic carbocycles. The third kappa shape index (κ3) is 5.20. The molecule has 1 aromatic rings. The quantitative estimate of drug-likeness (QED) is 0.559. The number of alkyl halides is 3. The van der Waals surface area contributed by atoms with Crippen LogP contribution in [0.3, 0.4) is 0 Å². The van der Waals surface area contributed by atoms with E-state index in [4.69, 9.17) is 0 Å². The van der Waals surface area contributed by atoms with Crippen LogP contribution in [0.15, 0.2) is 17.1 Å². The molecule has 0 saturated heterocycles. The Bertz CT molecular complexity index is 758. The lowest BCUT2D eigenvalue weighted by Gasteiger charge is -2.33. The van der Waals surface area contributed by atoms with Crippen LogP contribution in [-0.4, -0.2) is 51.4 Å². The van der Waals surface area contributed by atoms with Crippen LogP contribution in [0.1, 0.15) is 30.5 Å². The van der Waals surface area contributed by atoms with E-state index in [1.165, 1.54) is 6.07 Å². The Morgan fingerprint density at radius 1 is 1.20 bits per heavy atom. The second kappa shape index (κ2) is 7.35. The number of aliphatic imine (C=N–C) groups is 1. The number of rotatable bonds is 6. The Labute approximate surface area is 147 Å². The van der Waals surface area contributed by atoms with Crippen LogP contribution in [-0.2, 0) is 15.3 Å². The van der Waals surface area contributed by atoms with Crippen LogP contribution in [0.25, 0.3) is 0 Å². The van der Waals surface area contributed by atoms with Crippen molar-refractivity contribution in [1.82, 2.24) is 4.90 Å². The second-order valence-corrected chi connectivity index (χ2v) is 8.81. The summed E-state index contributed by atoms with van der Waals surface area (Å²) in [5.74, 6) is -0.995. The van der Waals surface area contributed by atoms with Crippen molar-refractivity contribution < 1.29 is 21.6 Å². The molecule has 1 atom stereocenters. The first-order valence-corrected chi connectivity index (χ1v) is 9.88. The summed E-state index contributed by atoms with van der Waals surface area (Å²) in [6, 6.07) is 2.96. The van der Waals surface area contributed by atoms with Crippen molar-refractivity contribution in [2.45, 2.75) is 39.3 Å². The van der Waals surface area contributed by atoms with Crippen molar-refractivity contribution >= 4 is 21.9 Å². The molecule has 0 spiro atoms. The van der Waals surface area contributed by atoms with E-state index in [1.807, 2.05) is 18.9 Å². The molecule has 0 bridgehead atoms. The Morgan fingerprint density at radius 3 is 2.20 bits per heavy atom. The molecule has 1 rings (SSSR count). The smallest absolute Gasteiger partial charge is 0.366 e. The first-order chi connectivity index (χ1) is 11.2. The maximum atomic E-state index is 13.7. The molecule has 0 aliphatic rings. The van der Waals surface area contributed by atoms with Crippen LogP contribution in [0.2, 0.25) is 0 Å². The minimum absolute atomic E-state index is 0.0364. The molecule has 0 N–H and O–H groups in total. The van der Waals surface area contributed by atoms with Gasteiger partial charge in [-0.3, -0.25) is 0 Å². The number of halogens is 3. The summed E-state index contributed by atoms with van der Waals surface area (Å²) in [6.45, 7) is 6.85. The lowest BCUT2D eigenvalue weighted by molar-refractivity contribution is -0.179. The van der Waals surface area contributed by atoms with Crippen molar-refractivity contribution in [3.05, 3.63) is 28.8 Å². The van der Waals surface area contributed by atoms with E-state index < -0.39 is 27.2 Å². The van der Waals surface area contributed by atoms with Gasteiger partial charge >= 0.3 is 6.18 Å². The fourth-order valence-electron chi connectivity index (χ4n) is 2.61. The number of benzene rings is 1. The van der Waals surface area contributed by atoms with E-state index in [0.717, 1.165) is 19.7 Å². The van der Waals surface area contributed by atoms with Gasteiger partial charge in [-0.2, -0.15) is 13.2 Å². The van der Waals surface area contributed by atoms with Crippen LogP contribution >= 0.6 is 0 Å². The lowest BCUT2D eigenvalue weighted by Crippen LogP contribution is -2.45.